The van der Waals surface area contributed by atoms with Gasteiger partial charge in [0.25, 0.3) is 0 Å². The molecule has 2 aromatic carbocycles. The van der Waals surface area contributed by atoms with E-state index < -0.39 is 17.9 Å². The maximum absolute atomic E-state index is 12.3. The number of allylic oxidation sites excluding steroid dienone is 2. The van der Waals surface area contributed by atoms with Crippen LogP contribution in [0.3, 0.4) is 0 Å². The molecule has 38 heavy (non-hydrogen) atoms. The lowest BCUT2D eigenvalue weighted by Gasteiger charge is -2.08. The van der Waals surface area contributed by atoms with Crippen LogP contribution in [0.1, 0.15) is 47.9 Å². The van der Waals surface area contributed by atoms with E-state index in [4.69, 9.17) is 23.7 Å². The van der Waals surface area contributed by atoms with Crippen LogP contribution in [0.25, 0.3) is 0 Å². The quantitative estimate of drug-likeness (QED) is 0.0722. The highest BCUT2D eigenvalue weighted by atomic mass is 16.5. The largest absolute Gasteiger partial charge is 0.494 e. The van der Waals surface area contributed by atoms with Gasteiger partial charge in [-0.1, -0.05) is 33.6 Å². The molecule has 0 saturated heterocycles. The predicted molar refractivity (Wildman–Crippen MR) is 145 cm³/mol. The molecule has 0 saturated carbocycles. The highest BCUT2D eigenvalue weighted by Gasteiger charge is 2.10. The number of hydrogen-bond acceptors (Lipinski definition) is 8. The monoisotopic (exact) mass is 522 g/mol. The molecule has 0 aromatic heterocycles. The molecule has 8 nitrogen and oxygen atoms in total. The fraction of sp³-hybridized carbons (Fsp3) is 0.233. The van der Waals surface area contributed by atoms with Crippen LogP contribution in [0.2, 0.25) is 0 Å². The fourth-order valence-corrected chi connectivity index (χ4v) is 2.63. The van der Waals surface area contributed by atoms with E-state index in [1.54, 1.807) is 48.5 Å². The summed E-state index contributed by atoms with van der Waals surface area (Å²) in [4.78, 5) is 35.5. The molecule has 0 spiro atoms. The summed E-state index contributed by atoms with van der Waals surface area (Å²) < 4.78 is 26.1. The van der Waals surface area contributed by atoms with E-state index in [1.807, 2.05) is 20.8 Å². The van der Waals surface area contributed by atoms with E-state index >= 15 is 0 Å². The van der Waals surface area contributed by atoms with Gasteiger partial charge in [0, 0.05) is 12.5 Å². The molecule has 0 aliphatic rings. The van der Waals surface area contributed by atoms with Crippen molar-refractivity contribution >= 4 is 17.9 Å². The molecule has 202 valence electrons. The fourth-order valence-electron chi connectivity index (χ4n) is 2.63. The Morgan fingerprint density at radius 1 is 0.737 bits per heavy atom. The third-order valence-electron chi connectivity index (χ3n) is 4.36. The van der Waals surface area contributed by atoms with Crippen LogP contribution in [0.5, 0.6) is 11.5 Å². The van der Waals surface area contributed by atoms with Crippen LogP contribution in [-0.4, -0.2) is 37.7 Å². The highest BCUT2D eigenvalue weighted by Crippen LogP contribution is 2.16. The summed E-state index contributed by atoms with van der Waals surface area (Å²) in [5, 5.41) is 0. The minimum absolute atomic E-state index is 0.0349. The lowest BCUT2D eigenvalue weighted by molar-refractivity contribution is -0.137. The summed E-state index contributed by atoms with van der Waals surface area (Å²) in [5.74, 6) is -0.411. The molecule has 0 heterocycles. The first-order chi connectivity index (χ1) is 18.3. The molecule has 0 fully saturated rings. The van der Waals surface area contributed by atoms with E-state index in [9.17, 15) is 14.4 Å². The van der Waals surface area contributed by atoms with Crippen molar-refractivity contribution in [1.82, 2.24) is 0 Å². The van der Waals surface area contributed by atoms with E-state index in [1.165, 1.54) is 12.2 Å². The SMILES string of the molecule is C=CC(=O)OCCCOc1ccc(C(=O)OC(=C)/C=C\C(=C)OC(=O)c2ccc(OCC)cc2)cc1.CC. The van der Waals surface area contributed by atoms with Gasteiger partial charge in [0.05, 0.1) is 30.9 Å². The Kier molecular flexibility index (Phi) is 14.7. The van der Waals surface area contributed by atoms with Crippen molar-refractivity contribution in [2.45, 2.75) is 27.2 Å². The first kappa shape index (κ1) is 31.4. The Bertz CT molecular complexity index is 1110. The Morgan fingerprint density at radius 3 is 1.61 bits per heavy atom. The molecular weight excluding hydrogens is 488 g/mol. The zero-order valence-corrected chi connectivity index (χ0v) is 22.1. The van der Waals surface area contributed by atoms with Crippen molar-refractivity contribution in [2.75, 3.05) is 19.8 Å². The lowest BCUT2D eigenvalue weighted by Crippen LogP contribution is -2.07. The summed E-state index contributed by atoms with van der Waals surface area (Å²) in [7, 11) is 0. The maximum Gasteiger partial charge on any atom is 0.343 e. The number of benzene rings is 2. The second-order valence-corrected chi connectivity index (χ2v) is 7.10. The average molecular weight is 523 g/mol. The topological polar surface area (TPSA) is 97.4 Å². The summed E-state index contributed by atoms with van der Waals surface area (Å²) in [5.41, 5.74) is 0.624. The van der Waals surface area contributed by atoms with Crippen LogP contribution in [0.4, 0.5) is 0 Å². The number of carbonyl (C=O) groups is 3. The summed E-state index contributed by atoms with van der Waals surface area (Å²) in [6, 6.07) is 12.8. The van der Waals surface area contributed by atoms with Crippen molar-refractivity contribution in [1.29, 1.82) is 0 Å². The van der Waals surface area contributed by atoms with Gasteiger partial charge in [0.2, 0.25) is 0 Å². The van der Waals surface area contributed by atoms with E-state index in [-0.39, 0.29) is 23.7 Å². The zero-order valence-electron chi connectivity index (χ0n) is 22.1. The predicted octanol–water partition coefficient (Wildman–Crippen LogP) is 6.21. The van der Waals surface area contributed by atoms with Gasteiger partial charge in [-0.05, 0) is 67.6 Å². The second kappa shape index (κ2) is 17.8. The van der Waals surface area contributed by atoms with E-state index in [0.717, 1.165) is 6.08 Å². The molecule has 0 unspecified atom stereocenters. The van der Waals surface area contributed by atoms with Crippen molar-refractivity contribution in [3.63, 3.8) is 0 Å². The van der Waals surface area contributed by atoms with Crippen LogP contribution in [-0.2, 0) is 19.0 Å². The smallest absolute Gasteiger partial charge is 0.343 e. The molecule has 0 N–H and O–H groups in total. The van der Waals surface area contributed by atoms with Crippen LogP contribution in [0, 0.1) is 0 Å². The van der Waals surface area contributed by atoms with Gasteiger partial charge < -0.3 is 23.7 Å². The minimum atomic E-state index is -0.621. The first-order valence-electron chi connectivity index (χ1n) is 12.1. The Labute approximate surface area is 223 Å². The van der Waals surface area contributed by atoms with Crippen molar-refractivity contribution < 1.29 is 38.1 Å². The molecular formula is C30H34O8. The van der Waals surface area contributed by atoms with E-state index in [0.29, 0.717) is 36.7 Å². The maximum atomic E-state index is 12.3. The molecule has 0 bridgehead atoms. The van der Waals surface area contributed by atoms with Crippen molar-refractivity contribution in [2.24, 2.45) is 0 Å². The normalized spacial score (nSPS) is 9.87. The van der Waals surface area contributed by atoms with Gasteiger partial charge in [-0.15, -0.1) is 0 Å². The number of carbonyl (C=O) groups excluding carboxylic acids is 3. The first-order valence-corrected chi connectivity index (χ1v) is 12.1. The third kappa shape index (κ3) is 11.9. The summed E-state index contributed by atoms with van der Waals surface area (Å²) >= 11 is 0. The van der Waals surface area contributed by atoms with Crippen LogP contribution in [0.15, 0.2) is 98.0 Å². The molecule has 0 atom stereocenters. The van der Waals surface area contributed by atoms with Gasteiger partial charge in [-0.25, -0.2) is 14.4 Å². The van der Waals surface area contributed by atoms with Crippen molar-refractivity contribution in [3.8, 4) is 11.5 Å². The van der Waals surface area contributed by atoms with Gasteiger partial charge in [0.1, 0.15) is 23.0 Å². The van der Waals surface area contributed by atoms with Gasteiger partial charge in [-0.3, -0.25) is 0 Å². The molecule has 0 aliphatic heterocycles. The highest BCUT2D eigenvalue weighted by molar-refractivity contribution is 5.91. The molecule has 0 amide bonds. The van der Waals surface area contributed by atoms with Gasteiger partial charge in [0.15, 0.2) is 0 Å². The standard InChI is InChI=1S/C28H28O8.C2H6/c1-5-26(29)34-19-7-18-33-25-16-12-23(13-17-25)28(31)36-21(4)9-8-20(3)35-27(30)22-10-14-24(15-11-22)32-6-2;1-2/h5,8-17H,1,3-4,6-7,18-19H2,2H3;1-2H3/b9-8-;. The Balaban J connectivity index is 0.00000352. The van der Waals surface area contributed by atoms with Gasteiger partial charge in [-0.2, -0.15) is 0 Å². The molecule has 8 heteroatoms. The molecule has 0 radical (unpaired) electrons. The van der Waals surface area contributed by atoms with E-state index in [2.05, 4.69) is 19.7 Å². The summed E-state index contributed by atoms with van der Waals surface area (Å²) in [6.07, 6.45) is 4.34. The Hall–Kier alpha value is -4.59. The second-order valence-electron chi connectivity index (χ2n) is 7.10. The Morgan fingerprint density at radius 2 is 1.18 bits per heavy atom. The summed E-state index contributed by atoms with van der Waals surface area (Å²) in [6.45, 7) is 17.6. The number of esters is 3. The van der Waals surface area contributed by atoms with Gasteiger partial charge >= 0.3 is 17.9 Å². The minimum Gasteiger partial charge on any atom is -0.494 e. The third-order valence-corrected chi connectivity index (χ3v) is 4.36. The molecule has 2 aromatic rings. The average Bonchev–Trinajstić information content (AvgIpc) is 2.93. The molecule has 0 aliphatic carbocycles. The van der Waals surface area contributed by atoms with Crippen LogP contribution < -0.4 is 9.47 Å². The number of ether oxygens (including phenoxy) is 5. The number of rotatable bonds is 14. The lowest BCUT2D eigenvalue weighted by atomic mass is 10.2. The molecule has 2 rings (SSSR count). The number of hydrogen-bond donors (Lipinski definition) is 0. The zero-order chi connectivity index (χ0) is 28.3. The van der Waals surface area contributed by atoms with Crippen LogP contribution >= 0.6 is 0 Å². The van der Waals surface area contributed by atoms with Crippen molar-refractivity contribution in [3.05, 3.63) is 109 Å².